The van der Waals surface area contributed by atoms with E-state index in [9.17, 15) is 4.79 Å². The van der Waals surface area contributed by atoms with Crippen LogP contribution in [0.2, 0.25) is 0 Å². The summed E-state index contributed by atoms with van der Waals surface area (Å²) < 4.78 is 0. The van der Waals surface area contributed by atoms with Crippen molar-refractivity contribution >= 4 is 6.29 Å². The van der Waals surface area contributed by atoms with Gasteiger partial charge in [0, 0.05) is 24.0 Å². The Hall–Kier alpha value is -0.370. The minimum absolute atomic E-state index is 0.310. The van der Waals surface area contributed by atoms with Crippen molar-refractivity contribution in [2.24, 2.45) is 5.92 Å². The van der Waals surface area contributed by atoms with Gasteiger partial charge in [-0.2, -0.15) is 0 Å². The zero-order valence-corrected chi connectivity index (χ0v) is 10.7. The van der Waals surface area contributed by atoms with E-state index >= 15 is 0 Å². The van der Waals surface area contributed by atoms with Crippen LogP contribution in [0.3, 0.4) is 0 Å². The second kappa shape index (κ2) is 5.31. The summed E-state index contributed by atoms with van der Waals surface area (Å²) in [7, 11) is 0. The summed E-state index contributed by atoms with van der Waals surface area (Å²) in [5, 5.41) is 0. The summed E-state index contributed by atoms with van der Waals surface area (Å²) in [4.78, 5) is 13.6. The Bertz CT molecular complexity index is 223. The summed E-state index contributed by atoms with van der Waals surface area (Å²) in [5.74, 6) is 0.310. The third-order valence-corrected chi connectivity index (χ3v) is 4.49. The molecule has 0 aromatic heterocycles. The Labute approximate surface area is 99.4 Å². The molecule has 92 valence electrons. The first-order chi connectivity index (χ1) is 7.72. The minimum Gasteiger partial charge on any atom is -0.303 e. The molecule has 2 nitrogen and oxygen atoms in total. The number of hydrogen-bond acceptors (Lipinski definition) is 2. The van der Waals surface area contributed by atoms with Crippen LogP contribution >= 0.6 is 0 Å². The predicted molar refractivity (Wildman–Crippen MR) is 66.4 cm³/mol. The molecule has 0 aromatic carbocycles. The minimum atomic E-state index is 0.310. The van der Waals surface area contributed by atoms with Crippen molar-refractivity contribution in [2.45, 2.75) is 76.9 Å². The van der Waals surface area contributed by atoms with Gasteiger partial charge in [0.15, 0.2) is 0 Å². The van der Waals surface area contributed by atoms with Crippen molar-refractivity contribution in [3.63, 3.8) is 0 Å². The molecule has 0 radical (unpaired) electrons. The van der Waals surface area contributed by atoms with Gasteiger partial charge in [0.1, 0.15) is 6.29 Å². The summed E-state index contributed by atoms with van der Waals surface area (Å²) in [6, 6.07) is 2.00. The maximum atomic E-state index is 10.9. The van der Waals surface area contributed by atoms with Crippen LogP contribution < -0.4 is 0 Å². The third-order valence-electron chi connectivity index (χ3n) is 4.49. The molecule has 1 unspecified atom stereocenters. The first kappa shape index (κ1) is 12.1. The van der Waals surface area contributed by atoms with E-state index in [1.54, 1.807) is 0 Å². The van der Waals surface area contributed by atoms with Crippen molar-refractivity contribution < 1.29 is 4.79 Å². The fourth-order valence-electron chi connectivity index (χ4n) is 3.86. The first-order valence-electron chi connectivity index (χ1n) is 6.95. The quantitative estimate of drug-likeness (QED) is 0.671. The number of piperidine rings is 1. The Balaban J connectivity index is 1.99. The molecule has 1 saturated carbocycles. The van der Waals surface area contributed by atoms with E-state index in [0.717, 1.165) is 18.9 Å². The van der Waals surface area contributed by atoms with Crippen LogP contribution in [0, 0.1) is 5.92 Å². The molecule has 0 bridgehead atoms. The molecule has 16 heavy (non-hydrogen) atoms. The van der Waals surface area contributed by atoms with E-state index in [2.05, 4.69) is 18.7 Å². The number of rotatable bonds is 2. The van der Waals surface area contributed by atoms with Crippen molar-refractivity contribution in [2.75, 3.05) is 0 Å². The molecule has 2 fully saturated rings. The molecule has 3 atom stereocenters. The van der Waals surface area contributed by atoms with Crippen LogP contribution in [0.25, 0.3) is 0 Å². The van der Waals surface area contributed by atoms with Gasteiger partial charge in [0.25, 0.3) is 0 Å². The highest BCUT2D eigenvalue weighted by molar-refractivity contribution is 5.53. The number of likely N-dealkylation sites (tertiary alicyclic amines) is 1. The average molecular weight is 223 g/mol. The Morgan fingerprint density at radius 3 is 2.06 bits per heavy atom. The largest absolute Gasteiger partial charge is 0.303 e. The van der Waals surface area contributed by atoms with Crippen LogP contribution in [0.1, 0.15) is 58.8 Å². The Morgan fingerprint density at radius 2 is 1.56 bits per heavy atom. The summed E-state index contributed by atoms with van der Waals surface area (Å²) >= 11 is 0. The molecular weight excluding hydrogens is 198 g/mol. The SMILES string of the molecule is C[C@@H]1CC(C=O)C[C@H](C)N1C1CCCCC1. The lowest BCUT2D eigenvalue weighted by atomic mass is 9.84. The lowest BCUT2D eigenvalue weighted by molar-refractivity contribution is -0.114. The van der Waals surface area contributed by atoms with Gasteiger partial charge < -0.3 is 4.79 Å². The van der Waals surface area contributed by atoms with Gasteiger partial charge in [-0.15, -0.1) is 0 Å². The molecule has 2 rings (SSSR count). The van der Waals surface area contributed by atoms with Crippen LogP contribution in [0.5, 0.6) is 0 Å². The van der Waals surface area contributed by atoms with Gasteiger partial charge in [0.2, 0.25) is 0 Å². The van der Waals surface area contributed by atoms with E-state index in [1.165, 1.54) is 38.4 Å². The average Bonchev–Trinajstić information content (AvgIpc) is 2.29. The van der Waals surface area contributed by atoms with Crippen LogP contribution in [-0.4, -0.2) is 29.3 Å². The molecular formula is C14H25NO. The number of carbonyl (C=O) groups excluding carboxylic acids is 1. The van der Waals surface area contributed by atoms with Gasteiger partial charge in [-0.05, 0) is 39.5 Å². The Kier molecular flexibility index (Phi) is 4.01. The summed E-state index contributed by atoms with van der Waals surface area (Å²) in [6.07, 6.45) is 10.3. The highest BCUT2D eigenvalue weighted by Gasteiger charge is 2.35. The second-order valence-corrected chi connectivity index (χ2v) is 5.80. The highest BCUT2D eigenvalue weighted by atomic mass is 16.1. The smallest absolute Gasteiger partial charge is 0.123 e. The molecule has 1 aliphatic carbocycles. The van der Waals surface area contributed by atoms with Gasteiger partial charge in [0.05, 0.1) is 0 Å². The monoisotopic (exact) mass is 223 g/mol. The summed E-state index contributed by atoms with van der Waals surface area (Å²) in [6.45, 7) is 4.61. The van der Waals surface area contributed by atoms with E-state index in [1.807, 2.05) is 0 Å². The van der Waals surface area contributed by atoms with Crippen LogP contribution in [-0.2, 0) is 4.79 Å². The van der Waals surface area contributed by atoms with E-state index < -0.39 is 0 Å². The Morgan fingerprint density at radius 1 is 1.00 bits per heavy atom. The van der Waals surface area contributed by atoms with Crippen LogP contribution in [0.15, 0.2) is 0 Å². The van der Waals surface area contributed by atoms with Gasteiger partial charge in [-0.25, -0.2) is 0 Å². The van der Waals surface area contributed by atoms with E-state index in [-0.39, 0.29) is 0 Å². The standard InChI is InChI=1S/C14H25NO/c1-11-8-13(10-16)9-12(2)15(11)14-6-4-3-5-7-14/h10-14H,3-9H2,1-2H3/t11-,12+,13?. The van der Waals surface area contributed by atoms with Crippen molar-refractivity contribution in [1.29, 1.82) is 0 Å². The molecule has 1 saturated heterocycles. The summed E-state index contributed by atoms with van der Waals surface area (Å²) in [5.41, 5.74) is 0. The fourth-order valence-corrected chi connectivity index (χ4v) is 3.86. The normalized spacial score (nSPS) is 38.5. The van der Waals surface area contributed by atoms with Gasteiger partial charge >= 0.3 is 0 Å². The molecule has 1 aliphatic heterocycles. The van der Waals surface area contributed by atoms with Crippen LogP contribution in [0.4, 0.5) is 0 Å². The molecule has 0 spiro atoms. The molecule has 0 amide bonds. The van der Waals surface area contributed by atoms with Crippen molar-refractivity contribution in [1.82, 2.24) is 4.90 Å². The van der Waals surface area contributed by atoms with Crippen molar-refractivity contribution in [3.05, 3.63) is 0 Å². The second-order valence-electron chi connectivity index (χ2n) is 5.80. The van der Waals surface area contributed by atoms with E-state index in [4.69, 9.17) is 0 Å². The number of nitrogens with zero attached hydrogens (tertiary/aromatic N) is 1. The number of aldehydes is 1. The number of carbonyl (C=O) groups is 1. The highest BCUT2D eigenvalue weighted by Crippen LogP contribution is 2.33. The topological polar surface area (TPSA) is 20.3 Å². The molecule has 2 aliphatic rings. The molecule has 1 heterocycles. The van der Waals surface area contributed by atoms with Gasteiger partial charge in [-0.1, -0.05) is 19.3 Å². The zero-order chi connectivity index (χ0) is 11.5. The fraction of sp³-hybridized carbons (Fsp3) is 0.929. The maximum absolute atomic E-state index is 10.9. The molecule has 0 aromatic rings. The molecule has 2 heteroatoms. The zero-order valence-electron chi connectivity index (χ0n) is 10.7. The van der Waals surface area contributed by atoms with Crippen molar-refractivity contribution in [3.8, 4) is 0 Å². The predicted octanol–water partition coefficient (Wildman–Crippen LogP) is 3.01. The maximum Gasteiger partial charge on any atom is 0.123 e. The first-order valence-corrected chi connectivity index (χ1v) is 6.95. The third kappa shape index (κ3) is 2.48. The van der Waals surface area contributed by atoms with E-state index in [0.29, 0.717) is 18.0 Å². The van der Waals surface area contributed by atoms with Gasteiger partial charge in [-0.3, -0.25) is 4.90 Å². The molecule has 0 N–H and O–H groups in total. The lowest BCUT2D eigenvalue weighted by Gasteiger charge is -2.47. The lowest BCUT2D eigenvalue weighted by Crippen LogP contribution is -2.52. The number of hydrogen-bond donors (Lipinski definition) is 0.